The van der Waals surface area contributed by atoms with Crippen LogP contribution in [-0.4, -0.2) is 35.2 Å². The fourth-order valence-electron chi connectivity index (χ4n) is 3.90. The van der Waals surface area contributed by atoms with E-state index in [0.29, 0.717) is 17.9 Å². The molecular weight excluding hydrogens is 324 g/mol. The molecule has 1 heterocycles. The van der Waals surface area contributed by atoms with Gasteiger partial charge in [-0.3, -0.25) is 0 Å². The van der Waals surface area contributed by atoms with Gasteiger partial charge in [0, 0.05) is 24.7 Å². The van der Waals surface area contributed by atoms with Crippen molar-refractivity contribution in [1.82, 2.24) is 10.2 Å². The number of carbonyl (C=O) groups excluding carboxylic acids is 1. The van der Waals surface area contributed by atoms with E-state index in [9.17, 15) is 4.79 Å². The van der Waals surface area contributed by atoms with Crippen LogP contribution in [0.5, 0.6) is 0 Å². The van der Waals surface area contributed by atoms with Gasteiger partial charge in [0.05, 0.1) is 6.10 Å². The van der Waals surface area contributed by atoms with Crippen molar-refractivity contribution in [3.05, 3.63) is 35.9 Å². The zero-order chi connectivity index (χ0) is 19.3. The summed E-state index contributed by atoms with van der Waals surface area (Å²) in [6.07, 6.45) is 1.71. The molecule has 0 unspecified atom stereocenters. The number of nitrogens with one attached hydrogen (secondary N) is 1. The molecule has 1 aromatic rings. The molecule has 1 saturated heterocycles. The molecule has 0 aromatic heterocycles. The van der Waals surface area contributed by atoms with Crippen molar-refractivity contribution in [3.63, 3.8) is 0 Å². The molecule has 0 saturated carbocycles. The second kappa shape index (κ2) is 9.40. The maximum absolute atomic E-state index is 12.8. The number of hydrogen-bond acceptors (Lipinski definition) is 3. The molecule has 146 valence electrons. The van der Waals surface area contributed by atoms with Crippen molar-refractivity contribution in [2.75, 3.05) is 0 Å². The van der Waals surface area contributed by atoms with Crippen molar-refractivity contribution < 1.29 is 9.53 Å². The summed E-state index contributed by atoms with van der Waals surface area (Å²) >= 11 is 0. The molecule has 4 heteroatoms. The largest absolute Gasteiger partial charge is 0.447 e. The number of carbonyl (C=O) groups is 1. The fourth-order valence-corrected chi connectivity index (χ4v) is 3.90. The highest BCUT2D eigenvalue weighted by molar-refractivity contribution is 5.69. The zero-order valence-corrected chi connectivity index (χ0v) is 17.2. The van der Waals surface area contributed by atoms with Crippen molar-refractivity contribution in [1.29, 1.82) is 0 Å². The van der Waals surface area contributed by atoms with Gasteiger partial charge >= 0.3 is 6.09 Å². The Kier molecular flexibility index (Phi) is 7.51. The summed E-state index contributed by atoms with van der Waals surface area (Å²) in [6.45, 7) is 13.5. The number of likely N-dealkylation sites (tertiary alicyclic amines) is 1. The number of rotatable bonds is 6. The van der Waals surface area contributed by atoms with Gasteiger partial charge in [-0.25, -0.2) is 4.79 Å². The Balaban J connectivity index is 2.13. The Morgan fingerprint density at radius 1 is 1.04 bits per heavy atom. The molecule has 1 aromatic carbocycles. The molecule has 0 spiro atoms. The van der Waals surface area contributed by atoms with Gasteiger partial charge in [-0.2, -0.15) is 0 Å². The van der Waals surface area contributed by atoms with Crippen LogP contribution in [0.2, 0.25) is 0 Å². The van der Waals surface area contributed by atoms with Crippen LogP contribution < -0.4 is 5.32 Å². The van der Waals surface area contributed by atoms with E-state index in [2.05, 4.69) is 57.3 Å². The van der Waals surface area contributed by atoms with Crippen LogP contribution in [0, 0.1) is 11.8 Å². The first-order valence-electron chi connectivity index (χ1n) is 10.1. The molecule has 26 heavy (non-hydrogen) atoms. The summed E-state index contributed by atoms with van der Waals surface area (Å²) in [7, 11) is 0. The standard InChI is InChI=1S/C22H36N2O2/c1-15(2)20-12-19(23-14-18-10-8-7-9-11-18)13-21(16(3)4)24(20)22(25)26-17(5)6/h7-11,15-17,19-21,23H,12-14H2,1-6H3/t20-,21-/m0/s1. The highest BCUT2D eigenvalue weighted by Crippen LogP contribution is 2.32. The Hall–Kier alpha value is -1.55. The fraction of sp³-hybridized carbons (Fsp3) is 0.682. The van der Waals surface area contributed by atoms with Gasteiger partial charge in [0.2, 0.25) is 0 Å². The molecule has 0 bridgehead atoms. The number of piperidine rings is 1. The van der Waals surface area contributed by atoms with E-state index in [1.165, 1.54) is 5.56 Å². The lowest BCUT2D eigenvalue weighted by atomic mass is 9.82. The molecule has 0 aliphatic carbocycles. The molecule has 2 rings (SSSR count). The van der Waals surface area contributed by atoms with E-state index in [4.69, 9.17) is 4.74 Å². The van der Waals surface area contributed by atoms with Crippen molar-refractivity contribution >= 4 is 6.09 Å². The monoisotopic (exact) mass is 360 g/mol. The molecule has 0 radical (unpaired) electrons. The van der Waals surface area contributed by atoms with Crippen molar-refractivity contribution in [3.8, 4) is 0 Å². The molecule has 1 aliphatic heterocycles. The van der Waals surface area contributed by atoms with Crippen LogP contribution in [0.4, 0.5) is 4.79 Å². The van der Waals surface area contributed by atoms with Gasteiger partial charge in [-0.05, 0) is 44.1 Å². The van der Waals surface area contributed by atoms with Crippen LogP contribution >= 0.6 is 0 Å². The number of nitrogens with zero attached hydrogens (tertiary/aromatic N) is 1. The summed E-state index contributed by atoms with van der Waals surface area (Å²) in [5.74, 6) is 0.801. The van der Waals surface area contributed by atoms with Gasteiger partial charge in [-0.15, -0.1) is 0 Å². The van der Waals surface area contributed by atoms with Gasteiger partial charge < -0.3 is 15.0 Å². The average Bonchev–Trinajstić information content (AvgIpc) is 2.59. The molecule has 1 amide bonds. The number of benzene rings is 1. The van der Waals surface area contributed by atoms with E-state index < -0.39 is 0 Å². The molecule has 4 nitrogen and oxygen atoms in total. The van der Waals surface area contributed by atoms with Gasteiger partial charge in [0.25, 0.3) is 0 Å². The maximum atomic E-state index is 12.8. The van der Waals surface area contributed by atoms with E-state index in [1.807, 2.05) is 24.8 Å². The number of amides is 1. The normalized spacial score (nSPS) is 23.7. The van der Waals surface area contributed by atoms with Gasteiger partial charge in [0.1, 0.15) is 0 Å². The first-order chi connectivity index (χ1) is 12.3. The molecule has 1 fully saturated rings. The molecule has 1 N–H and O–H groups in total. The average molecular weight is 361 g/mol. The summed E-state index contributed by atoms with van der Waals surface area (Å²) in [5, 5.41) is 3.73. The predicted octanol–water partition coefficient (Wildman–Crippen LogP) is 4.83. The first kappa shape index (κ1) is 20.8. The third-order valence-electron chi connectivity index (χ3n) is 5.29. The number of hydrogen-bond donors (Lipinski definition) is 1. The lowest BCUT2D eigenvalue weighted by Crippen LogP contribution is -2.59. The Labute approximate surface area is 159 Å². The van der Waals surface area contributed by atoms with Crippen molar-refractivity contribution in [2.45, 2.75) is 85.2 Å². The summed E-state index contributed by atoms with van der Waals surface area (Å²) in [4.78, 5) is 14.8. The lowest BCUT2D eigenvalue weighted by molar-refractivity contribution is -0.00245. The van der Waals surface area contributed by atoms with E-state index >= 15 is 0 Å². The molecule has 2 atom stereocenters. The van der Waals surface area contributed by atoms with Crippen LogP contribution in [0.1, 0.15) is 59.9 Å². The SMILES string of the molecule is CC(C)OC(=O)N1[C@H](C(C)C)CC(NCc2ccccc2)C[C@H]1C(C)C. The van der Waals surface area contributed by atoms with E-state index in [-0.39, 0.29) is 24.3 Å². The topological polar surface area (TPSA) is 41.6 Å². The molecular formula is C22H36N2O2. The minimum Gasteiger partial charge on any atom is -0.447 e. The smallest absolute Gasteiger partial charge is 0.410 e. The van der Waals surface area contributed by atoms with Crippen LogP contribution in [0.15, 0.2) is 30.3 Å². The quantitative estimate of drug-likeness (QED) is 0.789. The maximum Gasteiger partial charge on any atom is 0.410 e. The highest BCUT2D eigenvalue weighted by Gasteiger charge is 2.41. The van der Waals surface area contributed by atoms with Gasteiger partial charge in [0.15, 0.2) is 0 Å². The minimum atomic E-state index is -0.154. The van der Waals surface area contributed by atoms with Crippen LogP contribution in [0.25, 0.3) is 0 Å². The minimum absolute atomic E-state index is 0.0861. The highest BCUT2D eigenvalue weighted by atomic mass is 16.6. The zero-order valence-electron chi connectivity index (χ0n) is 17.2. The third kappa shape index (κ3) is 5.47. The lowest BCUT2D eigenvalue weighted by Gasteiger charge is -2.48. The van der Waals surface area contributed by atoms with E-state index in [0.717, 1.165) is 19.4 Å². The van der Waals surface area contributed by atoms with Crippen molar-refractivity contribution in [2.24, 2.45) is 11.8 Å². The second-order valence-electron chi connectivity index (χ2n) is 8.50. The second-order valence-corrected chi connectivity index (χ2v) is 8.50. The van der Waals surface area contributed by atoms with Gasteiger partial charge in [-0.1, -0.05) is 58.0 Å². The Morgan fingerprint density at radius 2 is 1.58 bits per heavy atom. The van der Waals surface area contributed by atoms with E-state index in [1.54, 1.807) is 0 Å². The Bertz CT molecular complexity index is 539. The van der Waals surface area contributed by atoms with Crippen LogP contribution in [0.3, 0.4) is 0 Å². The Morgan fingerprint density at radius 3 is 2.04 bits per heavy atom. The van der Waals surface area contributed by atoms with Crippen LogP contribution in [-0.2, 0) is 11.3 Å². The summed E-state index contributed by atoms with van der Waals surface area (Å²) in [6, 6.07) is 11.3. The molecule has 1 aliphatic rings. The summed E-state index contributed by atoms with van der Waals surface area (Å²) < 4.78 is 5.58. The number of ether oxygens (including phenoxy) is 1. The third-order valence-corrected chi connectivity index (χ3v) is 5.29. The summed E-state index contributed by atoms with van der Waals surface area (Å²) in [5.41, 5.74) is 1.30. The predicted molar refractivity (Wildman–Crippen MR) is 107 cm³/mol. The first-order valence-corrected chi connectivity index (χ1v) is 10.1.